The largest absolute Gasteiger partial charge is 0.376 e. The van der Waals surface area contributed by atoms with Crippen LogP contribution in [-0.2, 0) is 16.1 Å². The standard InChI is InChI=1S/C16H24N2O2/c1-12(17)5-8-16(19)18-15-4-2-3-14(9-15)11-20-10-13-6-7-13/h2-4,9,12-13H,5-8,10-11,17H2,1H3,(H,18,19). The van der Waals surface area contributed by atoms with Crippen LogP contribution in [0.4, 0.5) is 5.69 Å². The molecule has 1 amide bonds. The maximum absolute atomic E-state index is 11.7. The van der Waals surface area contributed by atoms with Crippen LogP contribution in [0.3, 0.4) is 0 Å². The number of benzene rings is 1. The van der Waals surface area contributed by atoms with E-state index in [1.54, 1.807) is 0 Å². The van der Waals surface area contributed by atoms with Crippen molar-refractivity contribution in [2.75, 3.05) is 11.9 Å². The SMILES string of the molecule is CC(N)CCC(=O)Nc1cccc(COCC2CC2)c1. The van der Waals surface area contributed by atoms with Crippen LogP contribution in [0.25, 0.3) is 0 Å². The summed E-state index contributed by atoms with van der Waals surface area (Å²) in [7, 11) is 0. The van der Waals surface area contributed by atoms with Gasteiger partial charge in [-0.2, -0.15) is 0 Å². The highest BCUT2D eigenvalue weighted by Crippen LogP contribution is 2.29. The Morgan fingerprint density at radius 3 is 3.00 bits per heavy atom. The van der Waals surface area contributed by atoms with E-state index in [-0.39, 0.29) is 11.9 Å². The zero-order valence-corrected chi connectivity index (χ0v) is 12.1. The van der Waals surface area contributed by atoms with E-state index in [4.69, 9.17) is 10.5 Å². The van der Waals surface area contributed by atoms with Crippen molar-refractivity contribution in [2.24, 2.45) is 11.7 Å². The lowest BCUT2D eigenvalue weighted by Gasteiger charge is -2.09. The monoisotopic (exact) mass is 276 g/mol. The van der Waals surface area contributed by atoms with Crippen LogP contribution in [0, 0.1) is 5.92 Å². The van der Waals surface area contributed by atoms with E-state index < -0.39 is 0 Å². The molecule has 110 valence electrons. The van der Waals surface area contributed by atoms with Crippen LogP contribution in [-0.4, -0.2) is 18.6 Å². The molecule has 1 aromatic carbocycles. The first kappa shape index (κ1) is 15.0. The third kappa shape index (κ3) is 5.72. The lowest BCUT2D eigenvalue weighted by atomic mass is 10.1. The molecule has 1 atom stereocenters. The molecule has 1 fully saturated rings. The Morgan fingerprint density at radius 2 is 2.30 bits per heavy atom. The normalized spacial score (nSPS) is 15.9. The molecular formula is C16H24N2O2. The third-order valence-corrected chi connectivity index (χ3v) is 3.36. The smallest absolute Gasteiger partial charge is 0.224 e. The maximum atomic E-state index is 11.7. The number of rotatable bonds is 8. The zero-order valence-electron chi connectivity index (χ0n) is 12.1. The fourth-order valence-corrected chi connectivity index (χ4v) is 1.95. The highest BCUT2D eigenvalue weighted by atomic mass is 16.5. The second-order valence-corrected chi connectivity index (χ2v) is 5.72. The molecule has 1 aliphatic carbocycles. The van der Waals surface area contributed by atoms with Gasteiger partial charge in [0.1, 0.15) is 0 Å². The molecule has 20 heavy (non-hydrogen) atoms. The molecule has 0 spiro atoms. The van der Waals surface area contributed by atoms with Gasteiger partial charge in [-0.05, 0) is 49.8 Å². The lowest BCUT2D eigenvalue weighted by molar-refractivity contribution is -0.116. The Morgan fingerprint density at radius 1 is 1.50 bits per heavy atom. The Hall–Kier alpha value is -1.39. The third-order valence-electron chi connectivity index (χ3n) is 3.36. The number of hydrogen-bond acceptors (Lipinski definition) is 3. The summed E-state index contributed by atoms with van der Waals surface area (Å²) in [6, 6.07) is 7.88. The molecule has 1 unspecified atom stereocenters. The molecule has 1 saturated carbocycles. The molecule has 2 rings (SSSR count). The predicted molar refractivity (Wildman–Crippen MR) is 80.3 cm³/mol. The summed E-state index contributed by atoms with van der Waals surface area (Å²) >= 11 is 0. The number of amides is 1. The van der Waals surface area contributed by atoms with Crippen LogP contribution in [0.15, 0.2) is 24.3 Å². The minimum Gasteiger partial charge on any atom is -0.376 e. The van der Waals surface area contributed by atoms with E-state index in [9.17, 15) is 4.79 Å². The minimum atomic E-state index is 0.0124. The van der Waals surface area contributed by atoms with E-state index in [0.717, 1.165) is 23.8 Å². The van der Waals surface area contributed by atoms with Crippen molar-refractivity contribution in [3.05, 3.63) is 29.8 Å². The number of carbonyl (C=O) groups excluding carboxylic acids is 1. The van der Waals surface area contributed by atoms with E-state index in [0.29, 0.717) is 19.4 Å². The van der Waals surface area contributed by atoms with Gasteiger partial charge in [0.25, 0.3) is 0 Å². The molecule has 0 radical (unpaired) electrons. The summed E-state index contributed by atoms with van der Waals surface area (Å²) in [5.74, 6) is 0.787. The van der Waals surface area contributed by atoms with E-state index in [1.165, 1.54) is 12.8 Å². The second kappa shape index (κ2) is 7.41. The highest BCUT2D eigenvalue weighted by Gasteiger charge is 2.20. The van der Waals surface area contributed by atoms with Gasteiger partial charge >= 0.3 is 0 Å². The topological polar surface area (TPSA) is 64.4 Å². The van der Waals surface area contributed by atoms with Crippen molar-refractivity contribution in [2.45, 2.75) is 45.3 Å². The number of nitrogens with two attached hydrogens (primary N) is 1. The Kier molecular flexibility index (Phi) is 5.56. The van der Waals surface area contributed by atoms with Crippen molar-refractivity contribution in [3.63, 3.8) is 0 Å². The minimum absolute atomic E-state index is 0.0124. The van der Waals surface area contributed by atoms with E-state index in [1.807, 2.05) is 31.2 Å². The fraction of sp³-hybridized carbons (Fsp3) is 0.562. The van der Waals surface area contributed by atoms with Crippen molar-refractivity contribution in [1.29, 1.82) is 0 Å². The van der Waals surface area contributed by atoms with Crippen LogP contribution in [0.5, 0.6) is 0 Å². The highest BCUT2D eigenvalue weighted by molar-refractivity contribution is 5.90. The van der Waals surface area contributed by atoms with Gasteiger partial charge in [-0.15, -0.1) is 0 Å². The number of ether oxygens (including phenoxy) is 1. The van der Waals surface area contributed by atoms with Crippen LogP contribution in [0.2, 0.25) is 0 Å². The number of nitrogens with one attached hydrogen (secondary N) is 1. The van der Waals surface area contributed by atoms with Crippen LogP contribution < -0.4 is 11.1 Å². The summed E-state index contributed by atoms with van der Waals surface area (Å²) in [5.41, 5.74) is 7.57. The molecular weight excluding hydrogens is 252 g/mol. The van der Waals surface area contributed by atoms with Crippen molar-refractivity contribution < 1.29 is 9.53 Å². The maximum Gasteiger partial charge on any atom is 0.224 e. The summed E-state index contributed by atoms with van der Waals surface area (Å²) < 4.78 is 5.65. The van der Waals surface area contributed by atoms with Crippen molar-refractivity contribution in [3.8, 4) is 0 Å². The van der Waals surface area contributed by atoms with Crippen molar-refractivity contribution >= 4 is 11.6 Å². The number of anilines is 1. The van der Waals surface area contributed by atoms with E-state index >= 15 is 0 Å². The molecule has 0 bridgehead atoms. The first-order chi connectivity index (χ1) is 9.63. The first-order valence-corrected chi connectivity index (χ1v) is 7.35. The average Bonchev–Trinajstić information content (AvgIpc) is 3.21. The molecule has 0 aromatic heterocycles. The van der Waals surface area contributed by atoms with Gasteiger partial charge < -0.3 is 15.8 Å². The van der Waals surface area contributed by atoms with Crippen molar-refractivity contribution in [1.82, 2.24) is 0 Å². The summed E-state index contributed by atoms with van der Waals surface area (Å²) in [5, 5.41) is 2.90. The molecule has 4 heteroatoms. The Bertz CT molecular complexity index is 442. The van der Waals surface area contributed by atoms with Gasteiger partial charge in [-0.25, -0.2) is 0 Å². The molecule has 1 aliphatic rings. The van der Waals surface area contributed by atoms with Gasteiger partial charge in [0.2, 0.25) is 5.91 Å². The predicted octanol–water partition coefficient (Wildman–Crippen LogP) is 2.68. The zero-order chi connectivity index (χ0) is 14.4. The molecule has 0 saturated heterocycles. The lowest BCUT2D eigenvalue weighted by Crippen LogP contribution is -2.19. The fourth-order valence-electron chi connectivity index (χ4n) is 1.95. The molecule has 4 nitrogen and oxygen atoms in total. The van der Waals surface area contributed by atoms with Gasteiger partial charge in [-0.3, -0.25) is 4.79 Å². The van der Waals surface area contributed by atoms with Gasteiger partial charge in [0.05, 0.1) is 6.61 Å². The summed E-state index contributed by atoms with van der Waals surface area (Å²) in [6.45, 7) is 3.37. The Balaban J connectivity index is 1.77. The average molecular weight is 276 g/mol. The van der Waals surface area contributed by atoms with Gasteiger partial charge in [0.15, 0.2) is 0 Å². The molecule has 3 N–H and O–H groups in total. The molecule has 1 aromatic rings. The Labute approximate surface area is 120 Å². The van der Waals surface area contributed by atoms with Crippen LogP contribution in [0.1, 0.15) is 38.2 Å². The summed E-state index contributed by atoms with van der Waals surface area (Å²) in [6.07, 6.45) is 3.77. The van der Waals surface area contributed by atoms with Crippen LogP contribution >= 0.6 is 0 Å². The molecule has 0 aliphatic heterocycles. The number of carbonyl (C=O) groups is 1. The second-order valence-electron chi connectivity index (χ2n) is 5.72. The van der Waals surface area contributed by atoms with E-state index in [2.05, 4.69) is 5.32 Å². The number of hydrogen-bond donors (Lipinski definition) is 2. The molecule has 0 heterocycles. The summed E-state index contributed by atoms with van der Waals surface area (Å²) in [4.78, 5) is 11.7. The quantitative estimate of drug-likeness (QED) is 0.767. The first-order valence-electron chi connectivity index (χ1n) is 7.35. The van der Waals surface area contributed by atoms with Gasteiger partial charge in [-0.1, -0.05) is 12.1 Å². The van der Waals surface area contributed by atoms with Gasteiger partial charge in [0, 0.05) is 24.8 Å².